The average Bonchev–Trinajstić information content (AvgIpc) is 2.14. The van der Waals surface area contributed by atoms with Crippen LogP contribution < -0.4 is 5.32 Å². The highest BCUT2D eigenvalue weighted by atomic mass is 16.3. The molecule has 17 heavy (non-hydrogen) atoms. The van der Waals surface area contributed by atoms with Gasteiger partial charge in [0.25, 0.3) is 0 Å². The van der Waals surface area contributed by atoms with Crippen LogP contribution in [0.3, 0.4) is 0 Å². The predicted octanol–water partition coefficient (Wildman–Crippen LogP) is 3.20. The molecule has 1 aliphatic heterocycles. The molecule has 0 spiro atoms. The minimum atomic E-state index is -0.240. The fourth-order valence-electron chi connectivity index (χ4n) is 3.73. The fourth-order valence-corrected chi connectivity index (χ4v) is 3.73. The van der Waals surface area contributed by atoms with E-state index in [2.05, 4.69) is 46.9 Å². The maximum atomic E-state index is 10.7. The van der Waals surface area contributed by atoms with Crippen LogP contribution in [0.1, 0.15) is 60.8 Å². The second kappa shape index (κ2) is 5.27. The maximum absolute atomic E-state index is 10.7. The molecule has 0 amide bonds. The molecule has 102 valence electrons. The van der Waals surface area contributed by atoms with Crippen LogP contribution in [0.15, 0.2) is 0 Å². The SMILES string of the molecule is CC(C)(C)C(C(O)C1CCCCN1)C(C)(C)C. The standard InChI is InChI=1S/C15H31NO/c1-14(2,3)13(15(4,5)6)12(17)11-9-7-8-10-16-11/h11-13,16-17H,7-10H2,1-6H3. The number of hydrogen-bond acceptors (Lipinski definition) is 2. The van der Waals surface area contributed by atoms with Crippen molar-refractivity contribution < 1.29 is 5.11 Å². The van der Waals surface area contributed by atoms with Gasteiger partial charge in [0.15, 0.2) is 0 Å². The normalized spacial score (nSPS) is 25.1. The third-order valence-electron chi connectivity index (χ3n) is 3.97. The monoisotopic (exact) mass is 241 g/mol. The molecule has 2 unspecified atom stereocenters. The zero-order valence-electron chi connectivity index (χ0n) is 12.5. The lowest BCUT2D eigenvalue weighted by molar-refractivity contribution is -0.0484. The van der Waals surface area contributed by atoms with Gasteiger partial charge >= 0.3 is 0 Å². The molecule has 0 aliphatic carbocycles. The highest BCUT2D eigenvalue weighted by Gasteiger charge is 2.42. The summed E-state index contributed by atoms with van der Waals surface area (Å²) in [7, 11) is 0. The number of piperidine rings is 1. The third kappa shape index (κ3) is 3.96. The summed E-state index contributed by atoms with van der Waals surface area (Å²) in [6, 6.07) is 0.284. The van der Waals surface area contributed by atoms with Gasteiger partial charge < -0.3 is 10.4 Å². The van der Waals surface area contributed by atoms with Crippen LogP contribution in [0.5, 0.6) is 0 Å². The van der Waals surface area contributed by atoms with Gasteiger partial charge in [-0.05, 0) is 36.1 Å². The lowest BCUT2D eigenvalue weighted by Gasteiger charge is -2.46. The van der Waals surface area contributed by atoms with Gasteiger partial charge in [0, 0.05) is 6.04 Å². The highest BCUT2D eigenvalue weighted by Crippen LogP contribution is 2.43. The Balaban J connectivity index is 2.82. The summed E-state index contributed by atoms with van der Waals surface area (Å²) in [6.07, 6.45) is 3.37. The number of aliphatic hydroxyl groups is 1. The summed E-state index contributed by atoms with van der Waals surface area (Å²) in [5.74, 6) is 0.311. The minimum absolute atomic E-state index is 0.136. The van der Waals surface area contributed by atoms with Crippen molar-refractivity contribution in [2.24, 2.45) is 16.7 Å². The molecule has 1 fully saturated rings. The lowest BCUT2D eigenvalue weighted by atomic mass is 9.62. The van der Waals surface area contributed by atoms with Gasteiger partial charge in [-0.1, -0.05) is 48.0 Å². The Bertz CT molecular complexity index is 216. The molecular weight excluding hydrogens is 210 g/mol. The first-order chi connectivity index (χ1) is 7.64. The Morgan fingerprint density at radius 3 is 1.88 bits per heavy atom. The highest BCUT2D eigenvalue weighted by molar-refractivity contribution is 4.94. The van der Waals surface area contributed by atoms with Gasteiger partial charge in [-0.25, -0.2) is 0 Å². The maximum Gasteiger partial charge on any atom is 0.0731 e. The van der Waals surface area contributed by atoms with Crippen molar-refractivity contribution in [3.63, 3.8) is 0 Å². The predicted molar refractivity (Wildman–Crippen MR) is 74.0 cm³/mol. The van der Waals surface area contributed by atoms with Crippen molar-refractivity contribution in [2.45, 2.75) is 73.0 Å². The molecule has 0 saturated carbocycles. The van der Waals surface area contributed by atoms with E-state index in [9.17, 15) is 5.11 Å². The molecule has 0 radical (unpaired) electrons. The van der Waals surface area contributed by atoms with Crippen LogP contribution in [0.25, 0.3) is 0 Å². The number of aliphatic hydroxyl groups excluding tert-OH is 1. The fraction of sp³-hybridized carbons (Fsp3) is 1.00. The Morgan fingerprint density at radius 1 is 1.00 bits per heavy atom. The zero-order valence-corrected chi connectivity index (χ0v) is 12.5. The van der Waals surface area contributed by atoms with E-state index in [-0.39, 0.29) is 23.0 Å². The number of rotatable bonds is 2. The molecule has 1 rings (SSSR count). The van der Waals surface area contributed by atoms with Gasteiger partial charge in [0.1, 0.15) is 0 Å². The second-order valence-corrected chi connectivity index (χ2v) is 7.76. The largest absolute Gasteiger partial charge is 0.391 e. The van der Waals surface area contributed by atoms with Crippen molar-refractivity contribution in [1.82, 2.24) is 5.32 Å². The molecule has 1 saturated heterocycles. The van der Waals surface area contributed by atoms with E-state index in [1.165, 1.54) is 12.8 Å². The van der Waals surface area contributed by atoms with Gasteiger partial charge in [0.2, 0.25) is 0 Å². The van der Waals surface area contributed by atoms with Gasteiger partial charge in [-0.2, -0.15) is 0 Å². The van der Waals surface area contributed by atoms with Crippen LogP contribution in [0, 0.1) is 16.7 Å². The van der Waals surface area contributed by atoms with E-state index in [1.54, 1.807) is 0 Å². The van der Waals surface area contributed by atoms with Crippen LogP contribution >= 0.6 is 0 Å². The molecule has 0 aromatic heterocycles. The Morgan fingerprint density at radius 2 is 1.53 bits per heavy atom. The van der Waals surface area contributed by atoms with Gasteiger partial charge in [-0.15, -0.1) is 0 Å². The molecule has 0 aromatic rings. The first-order valence-electron chi connectivity index (χ1n) is 7.05. The number of nitrogens with one attached hydrogen (secondary N) is 1. The molecule has 2 N–H and O–H groups in total. The van der Waals surface area contributed by atoms with E-state index < -0.39 is 0 Å². The Labute approximate surface area is 107 Å². The quantitative estimate of drug-likeness (QED) is 0.778. The van der Waals surface area contributed by atoms with Crippen molar-refractivity contribution in [2.75, 3.05) is 6.54 Å². The Hall–Kier alpha value is -0.0800. The van der Waals surface area contributed by atoms with E-state index >= 15 is 0 Å². The van der Waals surface area contributed by atoms with Crippen LogP contribution in [0.4, 0.5) is 0 Å². The summed E-state index contributed by atoms with van der Waals surface area (Å²) < 4.78 is 0. The average molecular weight is 241 g/mol. The van der Waals surface area contributed by atoms with Crippen molar-refractivity contribution in [3.05, 3.63) is 0 Å². The second-order valence-electron chi connectivity index (χ2n) is 7.76. The van der Waals surface area contributed by atoms with Crippen LogP contribution in [-0.2, 0) is 0 Å². The van der Waals surface area contributed by atoms with Crippen molar-refractivity contribution >= 4 is 0 Å². The first-order valence-corrected chi connectivity index (χ1v) is 7.05. The molecule has 2 heteroatoms. The van der Waals surface area contributed by atoms with Crippen LogP contribution in [0.2, 0.25) is 0 Å². The summed E-state index contributed by atoms with van der Waals surface area (Å²) in [5.41, 5.74) is 0.271. The summed E-state index contributed by atoms with van der Waals surface area (Å²) >= 11 is 0. The molecule has 1 aliphatic rings. The summed E-state index contributed by atoms with van der Waals surface area (Å²) in [4.78, 5) is 0. The first kappa shape index (κ1) is 15.0. The topological polar surface area (TPSA) is 32.3 Å². The molecule has 1 heterocycles. The van der Waals surface area contributed by atoms with E-state index in [0.717, 1.165) is 13.0 Å². The Kier molecular flexibility index (Phi) is 4.65. The molecular formula is C15H31NO. The molecule has 2 atom stereocenters. The molecule has 0 aromatic carbocycles. The molecule has 2 nitrogen and oxygen atoms in total. The molecule has 0 bridgehead atoms. The van der Waals surface area contributed by atoms with Gasteiger partial charge in [-0.3, -0.25) is 0 Å². The van der Waals surface area contributed by atoms with Crippen LogP contribution in [-0.4, -0.2) is 23.8 Å². The van der Waals surface area contributed by atoms with E-state index in [1.807, 2.05) is 0 Å². The van der Waals surface area contributed by atoms with E-state index in [0.29, 0.717) is 5.92 Å². The zero-order chi connectivity index (χ0) is 13.3. The minimum Gasteiger partial charge on any atom is -0.391 e. The van der Waals surface area contributed by atoms with Crippen molar-refractivity contribution in [3.8, 4) is 0 Å². The summed E-state index contributed by atoms with van der Waals surface area (Å²) in [5, 5.41) is 14.2. The lowest BCUT2D eigenvalue weighted by Crippen LogP contribution is -2.53. The van der Waals surface area contributed by atoms with E-state index in [4.69, 9.17) is 0 Å². The van der Waals surface area contributed by atoms with Crippen molar-refractivity contribution in [1.29, 1.82) is 0 Å². The van der Waals surface area contributed by atoms with Gasteiger partial charge in [0.05, 0.1) is 6.10 Å². The summed E-state index contributed by atoms with van der Waals surface area (Å²) in [6.45, 7) is 14.5. The number of hydrogen-bond donors (Lipinski definition) is 2. The smallest absolute Gasteiger partial charge is 0.0731 e. The third-order valence-corrected chi connectivity index (χ3v) is 3.97.